The van der Waals surface area contributed by atoms with Crippen LogP contribution in [0.4, 0.5) is 5.69 Å². The molecule has 0 atom stereocenters. The smallest absolute Gasteiger partial charge is 0.188 e. The Labute approximate surface area is 531 Å². The second-order valence-electron chi connectivity index (χ2n) is 24.7. The SMILES string of the molecule is [C-]#[N+]c1ccc2c(c1)c1ccccc1n2-c1ccc2c(c1)Oc1cc(-n3c4ccccc4c4cc(-n5c6ccccc6c6ccccc65)ccc43)ccc1C21c2cc(-n3c4ccccc4c4ccccc43)cnc2-c2ncc(-n3c4ccccc4c4ccccc43)cc21. The molecule has 430 valence electrons. The van der Waals surface area contributed by atoms with Gasteiger partial charge in [-0.2, -0.15) is 0 Å². The number of hydrogen-bond donors (Lipinski definition) is 0. The first-order valence-corrected chi connectivity index (χ1v) is 31.5. The second kappa shape index (κ2) is 18.4. The van der Waals surface area contributed by atoms with Crippen molar-refractivity contribution in [2.75, 3.05) is 0 Å². The zero-order chi connectivity index (χ0) is 60.8. The minimum atomic E-state index is -1.04. The quantitative estimate of drug-likeness (QED) is 0.161. The van der Waals surface area contributed by atoms with E-state index in [1.54, 1.807) is 0 Å². The van der Waals surface area contributed by atoms with Gasteiger partial charge >= 0.3 is 0 Å². The van der Waals surface area contributed by atoms with Crippen LogP contribution < -0.4 is 4.74 Å². The van der Waals surface area contributed by atoms with E-state index in [1.165, 1.54) is 43.4 Å². The normalized spacial score (nSPS) is 13.1. The fourth-order valence-corrected chi connectivity index (χ4v) is 16.5. The van der Waals surface area contributed by atoms with E-state index in [9.17, 15) is 0 Å². The van der Waals surface area contributed by atoms with Crippen molar-refractivity contribution < 1.29 is 4.74 Å². The van der Waals surface area contributed by atoms with Crippen molar-refractivity contribution in [1.29, 1.82) is 0 Å². The predicted molar refractivity (Wildman–Crippen MR) is 377 cm³/mol. The summed E-state index contributed by atoms with van der Waals surface area (Å²) in [6.07, 6.45) is 4.07. The van der Waals surface area contributed by atoms with E-state index >= 15 is 0 Å². The van der Waals surface area contributed by atoms with E-state index in [0.717, 1.165) is 134 Å². The van der Waals surface area contributed by atoms with Gasteiger partial charge < -0.3 is 27.6 Å². The number of ether oxygens (including phenoxy) is 1. The Balaban J connectivity index is 0.856. The number of rotatable bonds is 5. The van der Waals surface area contributed by atoms with E-state index in [4.69, 9.17) is 21.3 Å². The van der Waals surface area contributed by atoms with Gasteiger partial charge in [0.05, 0.1) is 102 Å². The Hall–Kier alpha value is -12.8. The number of para-hydroxylation sites is 8. The molecule has 9 heteroatoms. The van der Waals surface area contributed by atoms with Gasteiger partial charge in [0.2, 0.25) is 0 Å². The van der Waals surface area contributed by atoms with Crippen molar-refractivity contribution in [2.45, 2.75) is 5.41 Å². The van der Waals surface area contributed by atoms with Crippen molar-refractivity contribution in [3.8, 4) is 51.3 Å². The lowest BCUT2D eigenvalue weighted by Gasteiger charge is -2.39. The van der Waals surface area contributed by atoms with Crippen LogP contribution in [0.5, 0.6) is 11.5 Å². The van der Waals surface area contributed by atoms with Gasteiger partial charge in [-0.3, -0.25) is 9.97 Å². The summed E-state index contributed by atoms with van der Waals surface area (Å²) in [7, 11) is 0. The van der Waals surface area contributed by atoms with Gasteiger partial charge in [0, 0.05) is 99.9 Å². The summed E-state index contributed by atoms with van der Waals surface area (Å²) in [6, 6.07) is 101. The molecule has 9 nitrogen and oxygen atoms in total. The van der Waals surface area contributed by atoms with Crippen LogP contribution in [-0.2, 0) is 5.41 Å². The summed E-state index contributed by atoms with van der Waals surface area (Å²) in [5.74, 6) is 1.43. The van der Waals surface area contributed by atoms with Crippen LogP contribution in [-0.4, -0.2) is 32.8 Å². The predicted octanol–water partition coefficient (Wildman–Crippen LogP) is 21.0. The molecule has 12 aromatic carbocycles. The highest BCUT2D eigenvalue weighted by molar-refractivity contribution is 6.14. The van der Waals surface area contributed by atoms with Crippen molar-refractivity contribution >= 4 is 115 Å². The molecule has 0 saturated heterocycles. The molecule has 0 amide bonds. The van der Waals surface area contributed by atoms with E-state index < -0.39 is 5.41 Å². The molecule has 0 fully saturated rings. The van der Waals surface area contributed by atoms with Crippen molar-refractivity contribution in [2.24, 2.45) is 0 Å². The molecule has 0 radical (unpaired) electrons. The lowest BCUT2D eigenvalue weighted by molar-refractivity contribution is 0.436. The van der Waals surface area contributed by atoms with Crippen LogP contribution in [0, 0.1) is 6.57 Å². The lowest BCUT2D eigenvalue weighted by atomic mass is 9.66. The number of hydrogen-bond acceptors (Lipinski definition) is 3. The summed E-state index contributed by atoms with van der Waals surface area (Å²) in [4.78, 5) is 15.1. The monoisotopic (exact) mass is 1180 g/mol. The van der Waals surface area contributed by atoms with E-state index in [-0.39, 0.29) is 0 Å². The molecule has 1 spiro atoms. The van der Waals surface area contributed by atoms with Gasteiger partial charge in [-0.25, -0.2) is 4.85 Å². The first kappa shape index (κ1) is 50.1. The molecule has 21 rings (SSSR count). The molecular formula is C84H48N8O. The van der Waals surface area contributed by atoms with Gasteiger partial charge in [-0.15, -0.1) is 0 Å². The maximum Gasteiger partial charge on any atom is 0.188 e. The topological polar surface area (TPSA) is 64.0 Å². The first-order chi connectivity index (χ1) is 46.1. The maximum atomic E-state index is 8.01. The minimum Gasteiger partial charge on any atom is -0.457 e. The molecule has 0 saturated carbocycles. The zero-order valence-corrected chi connectivity index (χ0v) is 49.7. The highest BCUT2D eigenvalue weighted by Gasteiger charge is 2.53. The maximum absolute atomic E-state index is 8.01. The van der Waals surface area contributed by atoms with E-state index in [0.29, 0.717) is 11.4 Å². The molecule has 93 heavy (non-hydrogen) atoms. The number of aromatic nitrogens is 7. The summed E-state index contributed by atoms with van der Waals surface area (Å²) in [6.45, 7) is 8.01. The molecule has 0 bridgehead atoms. The molecule has 1 aliphatic heterocycles. The molecule has 0 N–H and O–H groups in total. The Morgan fingerprint density at radius 3 is 0.925 bits per heavy atom. The van der Waals surface area contributed by atoms with Crippen LogP contribution in [0.3, 0.4) is 0 Å². The number of benzene rings is 12. The second-order valence-corrected chi connectivity index (χ2v) is 24.7. The molecule has 7 aromatic heterocycles. The Morgan fingerprint density at radius 2 is 0.559 bits per heavy atom. The van der Waals surface area contributed by atoms with E-state index in [1.807, 2.05) is 24.5 Å². The Bertz CT molecular complexity index is 6250. The van der Waals surface area contributed by atoms with Gasteiger partial charge in [0.25, 0.3) is 0 Å². The standard InChI is InChI=1S/C84H48N8O/c1-85-50-34-40-78-64(42-50)62-24-8-16-32-76(62)89(78)52-35-38-66-80(46-52)93-81-47-53(90-77-33-17-9-25-63(77)65-43-51(37-41-79(65)90)88-70-26-10-2-18-56(70)57-19-3-11-27-71(57)88)36-39-67(81)84(66)68-44-54(91-72-28-12-4-20-58(72)59-21-5-13-29-73(59)91)48-86-82(68)83-69(84)45-55(49-87-83)92-74-30-14-6-22-60(74)61-23-7-15-31-75(61)92/h2-49H. The van der Waals surface area contributed by atoms with Crippen LogP contribution in [0.25, 0.3) is 154 Å². The molecule has 1 aliphatic carbocycles. The molecule has 2 aliphatic rings. The Morgan fingerprint density at radius 1 is 0.269 bits per heavy atom. The summed E-state index contributed by atoms with van der Waals surface area (Å²) < 4.78 is 19.6. The third kappa shape index (κ3) is 6.62. The molecular weight excluding hydrogens is 1140 g/mol. The van der Waals surface area contributed by atoms with Crippen LogP contribution in [0.1, 0.15) is 22.3 Å². The average Bonchev–Trinajstić information content (AvgIpc) is 1.56. The van der Waals surface area contributed by atoms with Crippen molar-refractivity contribution in [3.63, 3.8) is 0 Å². The molecule has 0 unspecified atom stereocenters. The molecule has 19 aromatic rings. The lowest BCUT2D eigenvalue weighted by Crippen LogP contribution is -2.32. The summed E-state index contributed by atoms with van der Waals surface area (Å²) in [5.41, 5.74) is 21.0. The van der Waals surface area contributed by atoms with Gasteiger partial charge in [-0.1, -0.05) is 164 Å². The van der Waals surface area contributed by atoms with Gasteiger partial charge in [-0.05, 0) is 109 Å². The van der Waals surface area contributed by atoms with E-state index in [2.05, 4.69) is 295 Å². The average molecular weight is 1190 g/mol. The first-order valence-electron chi connectivity index (χ1n) is 31.5. The highest BCUT2D eigenvalue weighted by atomic mass is 16.5. The van der Waals surface area contributed by atoms with Crippen molar-refractivity contribution in [3.05, 3.63) is 325 Å². The summed E-state index contributed by atoms with van der Waals surface area (Å²) >= 11 is 0. The Kier molecular flexibility index (Phi) is 9.93. The summed E-state index contributed by atoms with van der Waals surface area (Å²) in [5, 5.41) is 11.5. The fraction of sp³-hybridized carbons (Fsp3) is 0.0119. The minimum absolute atomic E-state index is 0.599. The largest absolute Gasteiger partial charge is 0.457 e. The zero-order valence-electron chi connectivity index (χ0n) is 49.7. The van der Waals surface area contributed by atoms with Crippen LogP contribution in [0.15, 0.2) is 291 Å². The third-order valence-electron chi connectivity index (χ3n) is 20.2. The van der Waals surface area contributed by atoms with Gasteiger partial charge in [0.15, 0.2) is 5.69 Å². The third-order valence-corrected chi connectivity index (χ3v) is 20.2. The number of fused-ring (bicyclic) bond motifs is 24. The van der Waals surface area contributed by atoms with Crippen LogP contribution in [0.2, 0.25) is 0 Å². The number of nitrogens with zero attached hydrogens (tertiary/aromatic N) is 8. The molecule has 8 heterocycles. The number of pyridine rings is 2. The highest BCUT2D eigenvalue weighted by Crippen LogP contribution is 2.63. The fourth-order valence-electron chi connectivity index (χ4n) is 16.5. The van der Waals surface area contributed by atoms with Gasteiger partial charge in [0.1, 0.15) is 11.5 Å². The van der Waals surface area contributed by atoms with Crippen molar-refractivity contribution in [1.82, 2.24) is 32.8 Å². The van der Waals surface area contributed by atoms with Crippen LogP contribution >= 0.6 is 0 Å².